The summed E-state index contributed by atoms with van der Waals surface area (Å²) < 4.78 is 68.3. The number of rotatable bonds is 6. The second-order valence-corrected chi connectivity index (χ2v) is 12.4. The lowest BCUT2D eigenvalue weighted by Gasteiger charge is -2.36. The largest absolute Gasteiger partial charge is 0.480 e. The summed E-state index contributed by atoms with van der Waals surface area (Å²) in [6.45, 7) is 7.30. The van der Waals surface area contributed by atoms with Crippen molar-refractivity contribution in [3.05, 3.63) is 48.4 Å². The monoisotopic (exact) mass is 616 g/mol. The minimum absolute atomic E-state index is 0.0723. The number of nitrogens with one attached hydrogen (secondary N) is 1. The fraction of sp³-hybridized carbons (Fsp3) is 0.370. The molecular weight excluding hydrogens is 586 g/mol. The number of aryl methyl sites for hydroxylation is 1. The maximum atomic E-state index is 14.3. The molecule has 43 heavy (non-hydrogen) atoms. The van der Waals surface area contributed by atoms with E-state index in [2.05, 4.69) is 19.7 Å². The second-order valence-electron chi connectivity index (χ2n) is 10.8. The normalized spacial score (nSPS) is 14.2. The van der Waals surface area contributed by atoms with Crippen molar-refractivity contribution in [3.63, 3.8) is 0 Å². The van der Waals surface area contributed by atoms with Crippen molar-refractivity contribution >= 4 is 38.8 Å². The van der Waals surface area contributed by atoms with E-state index in [4.69, 9.17) is 14.5 Å². The van der Waals surface area contributed by atoms with Crippen molar-refractivity contribution in [1.82, 2.24) is 29.4 Å². The number of imidazole rings is 1. The molecule has 0 radical (unpaired) electrons. The number of sulfonamides is 1. The molecule has 1 aliphatic rings. The van der Waals surface area contributed by atoms with Gasteiger partial charge in [0.25, 0.3) is 10.0 Å². The van der Waals surface area contributed by atoms with E-state index in [1.807, 2.05) is 25.7 Å². The third kappa shape index (κ3) is 6.14. The number of benzene rings is 1. The Hall–Kier alpha value is -4.60. The molecule has 1 aliphatic heterocycles. The van der Waals surface area contributed by atoms with Gasteiger partial charge >= 0.3 is 6.09 Å². The Morgan fingerprint density at radius 2 is 1.77 bits per heavy atom. The third-order valence-corrected chi connectivity index (χ3v) is 8.00. The molecule has 1 aromatic carbocycles. The zero-order valence-electron chi connectivity index (χ0n) is 24.1. The van der Waals surface area contributed by atoms with Crippen LogP contribution in [0.1, 0.15) is 20.8 Å². The van der Waals surface area contributed by atoms with Crippen LogP contribution in [0.5, 0.6) is 5.88 Å². The molecule has 16 heteroatoms. The van der Waals surface area contributed by atoms with Crippen LogP contribution in [0.25, 0.3) is 22.6 Å². The van der Waals surface area contributed by atoms with Gasteiger partial charge in [-0.25, -0.2) is 41.9 Å². The summed E-state index contributed by atoms with van der Waals surface area (Å²) in [6, 6.07) is 3.60. The highest BCUT2D eigenvalue weighted by Crippen LogP contribution is 2.33. The van der Waals surface area contributed by atoms with Gasteiger partial charge in [0.15, 0.2) is 17.0 Å². The summed E-state index contributed by atoms with van der Waals surface area (Å²) in [5.74, 6) is -1.26. The van der Waals surface area contributed by atoms with Crippen molar-refractivity contribution in [1.29, 1.82) is 0 Å². The lowest BCUT2D eigenvalue weighted by molar-refractivity contribution is 0.0240. The predicted octanol–water partition coefficient (Wildman–Crippen LogP) is 3.57. The first-order valence-electron chi connectivity index (χ1n) is 13.2. The first kappa shape index (κ1) is 29.9. The summed E-state index contributed by atoms with van der Waals surface area (Å²) in [4.78, 5) is 33.2. The van der Waals surface area contributed by atoms with Crippen LogP contribution in [0.3, 0.4) is 0 Å². The molecule has 0 spiro atoms. The standard InChI is InChI=1S/C27H30F2N8O5S/c1-27(2,3)42-26(38)37-10-8-36(9-11-37)24-21-23(31-15-32-24)35(4)22(33-21)16-12-19(25(41-5)30-14-16)34-43(39,40)20-7-6-17(28)13-18(20)29/h6-7,12-15,34H,8-11H2,1-5H3. The minimum Gasteiger partial charge on any atom is -0.480 e. The SMILES string of the molecule is COc1ncc(-c2nc3c(N4CCN(C(=O)OC(C)(C)C)CC4)ncnc3n2C)cc1NS(=O)(=O)c1ccc(F)cc1F. The molecule has 0 atom stereocenters. The Morgan fingerprint density at radius 1 is 1.05 bits per heavy atom. The average molecular weight is 617 g/mol. The van der Waals surface area contributed by atoms with Crippen LogP contribution in [0.15, 0.2) is 41.7 Å². The Labute approximate surface area is 246 Å². The highest BCUT2D eigenvalue weighted by molar-refractivity contribution is 7.92. The van der Waals surface area contributed by atoms with Gasteiger partial charge in [0.1, 0.15) is 40.0 Å². The molecule has 13 nitrogen and oxygen atoms in total. The zero-order valence-corrected chi connectivity index (χ0v) is 24.9. The lowest BCUT2D eigenvalue weighted by atomic mass is 10.2. The van der Waals surface area contributed by atoms with Gasteiger partial charge in [-0.2, -0.15) is 0 Å². The summed E-state index contributed by atoms with van der Waals surface area (Å²) in [5, 5.41) is 0. The van der Waals surface area contributed by atoms with Gasteiger partial charge < -0.3 is 23.8 Å². The van der Waals surface area contributed by atoms with Crippen LogP contribution in [-0.2, 0) is 21.8 Å². The number of nitrogens with zero attached hydrogens (tertiary/aromatic N) is 7. The minimum atomic E-state index is -4.47. The molecule has 228 valence electrons. The number of pyridine rings is 1. The molecule has 1 N–H and O–H groups in total. The fourth-order valence-corrected chi connectivity index (χ4v) is 5.72. The highest BCUT2D eigenvalue weighted by atomic mass is 32.2. The molecule has 0 unspecified atom stereocenters. The maximum absolute atomic E-state index is 14.3. The van der Waals surface area contributed by atoms with Crippen molar-refractivity contribution in [2.45, 2.75) is 31.3 Å². The van der Waals surface area contributed by atoms with Gasteiger partial charge in [-0.1, -0.05) is 0 Å². The first-order valence-corrected chi connectivity index (χ1v) is 14.7. The molecule has 0 bridgehead atoms. The van der Waals surface area contributed by atoms with Crippen LogP contribution < -0.4 is 14.4 Å². The van der Waals surface area contributed by atoms with Crippen LogP contribution >= 0.6 is 0 Å². The van der Waals surface area contributed by atoms with Gasteiger partial charge in [-0.15, -0.1) is 0 Å². The topological polar surface area (TPSA) is 145 Å². The van der Waals surface area contributed by atoms with E-state index in [1.54, 1.807) is 16.5 Å². The smallest absolute Gasteiger partial charge is 0.410 e. The number of anilines is 2. The number of ether oxygens (including phenoxy) is 2. The number of carbonyl (C=O) groups excluding carboxylic acids is 1. The Morgan fingerprint density at radius 3 is 2.42 bits per heavy atom. The number of carbonyl (C=O) groups is 1. The van der Waals surface area contributed by atoms with E-state index in [0.717, 1.165) is 12.1 Å². The molecule has 1 saturated heterocycles. The highest BCUT2D eigenvalue weighted by Gasteiger charge is 2.29. The number of hydrogen-bond donors (Lipinski definition) is 1. The van der Waals surface area contributed by atoms with Crippen LogP contribution in [0.2, 0.25) is 0 Å². The van der Waals surface area contributed by atoms with E-state index < -0.39 is 32.2 Å². The number of hydrogen-bond acceptors (Lipinski definition) is 10. The van der Waals surface area contributed by atoms with E-state index >= 15 is 0 Å². The molecule has 4 heterocycles. The van der Waals surface area contributed by atoms with E-state index in [0.29, 0.717) is 60.6 Å². The van der Waals surface area contributed by atoms with Crippen molar-refractivity contribution < 1.29 is 31.5 Å². The second kappa shape index (κ2) is 11.2. The summed E-state index contributed by atoms with van der Waals surface area (Å²) in [5.41, 5.74) is 0.738. The average Bonchev–Trinajstić information content (AvgIpc) is 3.28. The quantitative estimate of drug-likeness (QED) is 0.341. The van der Waals surface area contributed by atoms with Crippen molar-refractivity contribution in [3.8, 4) is 17.3 Å². The number of halogens is 2. The van der Waals surface area contributed by atoms with Crippen molar-refractivity contribution in [2.24, 2.45) is 7.05 Å². The Bertz CT molecular complexity index is 1800. The third-order valence-electron chi connectivity index (χ3n) is 6.60. The number of piperazine rings is 1. The van der Waals surface area contributed by atoms with Gasteiger partial charge in [0.2, 0.25) is 5.88 Å². The fourth-order valence-electron chi connectivity index (χ4n) is 4.61. The molecule has 1 fully saturated rings. The van der Waals surface area contributed by atoms with E-state index in [9.17, 15) is 22.0 Å². The van der Waals surface area contributed by atoms with Gasteiger partial charge in [-0.3, -0.25) is 4.72 Å². The molecule has 3 aromatic heterocycles. The number of methoxy groups -OCH3 is 1. The Balaban J connectivity index is 1.44. The van der Waals surface area contributed by atoms with Gasteiger partial charge in [0, 0.05) is 51.1 Å². The summed E-state index contributed by atoms with van der Waals surface area (Å²) >= 11 is 0. The molecule has 4 aromatic rings. The van der Waals surface area contributed by atoms with E-state index in [1.165, 1.54) is 25.7 Å². The lowest BCUT2D eigenvalue weighted by Crippen LogP contribution is -2.50. The molecule has 0 aliphatic carbocycles. The number of fused-ring (bicyclic) bond motifs is 1. The number of aromatic nitrogens is 5. The molecule has 5 rings (SSSR count). The predicted molar refractivity (Wildman–Crippen MR) is 153 cm³/mol. The molecular formula is C27H30F2N8O5S. The molecule has 0 saturated carbocycles. The van der Waals surface area contributed by atoms with Gasteiger partial charge in [0.05, 0.1) is 7.11 Å². The van der Waals surface area contributed by atoms with E-state index in [-0.39, 0.29) is 17.7 Å². The maximum Gasteiger partial charge on any atom is 0.410 e. The first-order chi connectivity index (χ1) is 20.3. The Kier molecular flexibility index (Phi) is 7.81. The zero-order chi connectivity index (χ0) is 31.1. The van der Waals surface area contributed by atoms with Crippen molar-refractivity contribution in [2.75, 3.05) is 42.9 Å². The van der Waals surface area contributed by atoms with Crippen LogP contribution in [0.4, 0.5) is 25.1 Å². The van der Waals surface area contributed by atoms with Gasteiger partial charge in [-0.05, 0) is 39.0 Å². The van der Waals surface area contributed by atoms with Crippen LogP contribution in [-0.4, -0.2) is 82.8 Å². The number of amides is 1. The summed E-state index contributed by atoms with van der Waals surface area (Å²) in [7, 11) is -1.43. The summed E-state index contributed by atoms with van der Waals surface area (Å²) in [6.07, 6.45) is 2.50. The molecule has 1 amide bonds. The van der Waals surface area contributed by atoms with Crippen LogP contribution in [0, 0.1) is 11.6 Å².